The van der Waals surface area contributed by atoms with E-state index in [1.54, 1.807) is 0 Å². The van der Waals surface area contributed by atoms with Gasteiger partial charge in [-0.05, 0) is 22.3 Å². The molecule has 1 aliphatic rings. The molecule has 0 aliphatic heterocycles. The van der Waals surface area contributed by atoms with E-state index < -0.39 is 18.0 Å². The number of hydrogen-bond donors (Lipinski definition) is 2. The molecule has 0 amide bonds. The van der Waals surface area contributed by atoms with E-state index in [0.717, 1.165) is 22.3 Å². The molecule has 1 atom stereocenters. The van der Waals surface area contributed by atoms with Crippen molar-refractivity contribution in [3.8, 4) is 11.1 Å². The van der Waals surface area contributed by atoms with Crippen molar-refractivity contribution >= 4 is 11.9 Å². The predicted molar refractivity (Wildman–Crippen MR) is 102 cm³/mol. The van der Waals surface area contributed by atoms with Gasteiger partial charge < -0.3 is 25.1 Å². The number of rotatable bonds is 10. The first-order valence-electron chi connectivity index (χ1n) is 9.10. The molecule has 7 heteroatoms. The number of benzene rings is 2. The van der Waals surface area contributed by atoms with E-state index in [1.165, 1.54) is 0 Å². The van der Waals surface area contributed by atoms with Crippen LogP contribution in [0.5, 0.6) is 0 Å². The van der Waals surface area contributed by atoms with Crippen molar-refractivity contribution in [2.45, 2.75) is 12.0 Å². The van der Waals surface area contributed by atoms with Gasteiger partial charge in [0.1, 0.15) is 6.61 Å². The summed E-state index contributed by atoms with van der Waals surface area (Å²) in [6, 6.07) is 15.8. The number of hydrogen-bond acceptors (Lipinski definition) is 6. The second-order valence-electron chi connectivity index (χ2n) is 6.35. The lowest BCUT2D eigenvalue weighted by Crippen LogP contribution is -2.36. The van der Waals surface area contributed by atoms with Crippen molar-refractivity contribution in [1.29, 1.82) is 0 Å². The highest BCUT2D eigenvalue weighted by Crippen LogP contribution is 2.44. The maximum absolute atomic E-state index is 12.3. The zero-order chi connectivity index (χ0) is 19.9. The van der Waals surface area contributed by atoms with Gasteiger partial charge in [-0.3, -0.25) is 0 Å². The molecule has 7 nitrogen and oxygen atoms in total. The zero-order valence-electron chi connectivity index (χ0n) is 15.4. The quantitative estimate of drug-likeness (QED) is 0.365. The highest BCUT2D eigenvalue weighted by Gasteiger charge is 2.33. The molecule has 3 N–H and O–H groups in total. The zero-order valence-corrected chi connectivity index (χ0v) is 15.4. The van der Waals surface area contributed by atoms with Gasteiger partial charge in [-0.2, -0.15) is 0 Å². The molecule has 0 radical (unpaired) electrons. The first-order chi connectivity index (χ1) is 13.6. The number of aliphatic carboxylic acids is 1. The second-order valence-corrected chi connectivity index (χ2v) is 6.35. The number of carboxylic acid groups (broad SMARTS) is 1. The van der Waals surface area contributed by atoms with Crippen molar-refractivity contribution in [3.05, 3.63) is 59.7 Å². The molecule has 0 spiro atoms. The van der Waals surface area contributed by atoms with Crippen LogP contribution in [0.4, 0.5) is 0 Å². The fourth-order valence-electron chi connectivity index (χ4n) is 3.33. The Hall–Kier alpha value is -2.74. The first kappa shape index (κ1) is 20.0. The maximum Gasteiger partial charge on any atom is 0.347 e. The van der Waals surface area contributed by atoms with Crippen molar-refractivity contribution in [2.75, 3.05) is 33.0 Å². The van der Waals surface area contributed by atoms with Gasteiger partial charge in [0, 0.05) is 12.5 Å². The lowest BCUT2D eigenvalue weighted by atomic mass is 9.98. The Morgan fingerprint density at radius 1 is 0.964 bits per heavy atom. The highest BCUT2D eigenvalue weighted by atomic mass is 16.6. The molecule has 0 saturated heterocycles. The molecule has 1 unspecified atom stereocenters. The third-order valence-electron chi connectivity index (χ3n) is 4.57. The topological polar surface area (TPSA) is 108 Å². The summed E-state index contributed by atoms with van der Waals surface area (Å²) in [5.41, 5.74) is 9.61. The van der Waals surface area contributed by atoms with Gasteiger partial charge in [0.05, 0.1) is 19.8 Å². The second kappa shape index (κ2) is 9.45. The van der Waals surface area contributed by atoms with E-state index in [0.29, 0.717) is 13.2 Å². The van der Waals surface area contributed by atoms with E-state index in [2.05, 4.69) is 0 Å². The van der Waals surface area contributed by atoms with Crippen molar-refractivity contribution in [1.82, 2.24) is 0 Å². The number of nitrogens with two attached hydrogens (primary N) is 1. The average molecular weight is 385 g/mol. The minimum Gasteiger partial charge on any atom is -0.479 e. The minimum absolute atomic E-state index is 0.0405. The number of carboxylic acids is 1. The number of esters is 1. The van der Waals surface area contributed by atoms with Crippen molar-refractivity contribution in [2.24, 2.45) is 5.73 Å². The Bertz CT molecular complexity index is 792. The number of carbonyl (C=O) groups is 2. The van der Waals surface area contributed by atoms with Crippen molar-refractivity contribution < 1.29 is 28.9 Å². The summed E-state index contributed by atoms with van der Waals surface area (Å²) in [7, 11) is 0. The normalized spacial score (nSPS) is 13.6. The van der Waals surface area contributed by atoms with Crippen LogP contribution in [0.25, 0.3) is 11.1 Å². The van der Waals surface area contributed by atoms with E-state index in [1.807, 2.05) is 48.5 Å². The van der Waals surface area contributed by atoms with E-state index >= 15 is 0 Å². The maximum atomic E-state index is 12.3. The molecule has 3 rings (SSSR count). The monoisotopic (exact) mass is 385 g/mol. The summed E-state index contributed by atoms with van der Waals surface area (Å²) in [6.07, 6.45) is -1.69. The molecule has 1 aliphatic carbocycles. The molecule has 2 aromatic carbocycles. The largest absolute Gasteiger partial charge is 0.479 e. The third-order valence-corrected chi connectivity index (χ3v) is 4.57. The van der Waals surface area contributed by atoms with Crippen LogP contribution in [0.1, 0.15) is 17.0 Å². The van der Waals surface area contributed by atoms with Gasteiger partial charge in [0.25, 0.3) is 6.10 Å². The van der Waals surface area contributed by atoms with Crippen LogP contribution in [0.2, 0.25) is 0 Å². The van der Waals surface area contributed by atoms with Crippen LogP contribution in [-0.2, 0) is 23.8 Å². The number of fused-ring (bicyclic) bond motifs is 3. The van der Waals surface area contributed by atoms with Crippen molar-refractivity contribution in [3.63, 3.8) is 0 Å². The van der Waals surface area contributed by atoms with E-state index in [-0.39, 0.29) is 25.7 Å². The van der Waals surface area contributed by atoms with E-state index in [4.69, 9.17) is 19.9 Å². The number of ether oxygens (including phenoxy) is 3. The lowest BCUT2D eigenvalue weighted by Gasteiger charge is -2.17. The molecular weight excluding hydrogens is 362 g/mol. The van der Waals surface area contributed by atoms with Gasteiger partial charge in [-0.25, -0.2) is 9.59 Å². The molecule has 28 heavy (non-hydrogen) atoms. The molecule has 0 fully saturated rings. The summed E-state index contributed by atoms with van der Waals surface area (Å²) in [4.78, 5) is 23.7. The third kappa shape index (κ3) is 4.39. The van der Waals surface area contributed by atoms with E-state index in [9.17, 15) is 14.7 Å². The first-order valence-corrected chi connectivity index (χ1v) is 9.10. The van der Waals surface area contributed by atoms with Gasteiger partial charge in [-0.1, -0.05) is 48.5 Å². The predicted octanol–water partition coefficient (Wildman–Crippen LogP) is 1.79. The fraction of sp³-hybridized carbons (Fsp3) is 0.333. The average Bonchev–Trinajstić information content (AvgIpc) is 3.02. The van der Waals surface area contributed by atoms with Gasteiger partial charge in [0.2, 0.25) is 0 Å². The molecule has 0 bridgehead atoms. The fourth-order valence-corrected chi connectivity index (χ4v) is 3.33. The van der Waals surface area contributed by atoms with Gasteiger partial charge in [0.15, 0.2) is 0 Å². The summed E-state index contributed by atoms with van der Waals surface area (Å²) < 4.78 is 15.6. The summed E-state index contributed by atoms with van der Waals surface area (Å²) in [5.74, 6) is -2.46. The minimum atomic E-state index is -1.69. The number of carbonyl (C=O) groups excluding carboxylic acids is 1. The van der Waals surface area contributed by atoms with Crippen LogP contribution in [0.3, 0.4) is 0 Å². The Morgan fingerprint density at radius 2 is 1.57 bits per heavy atom. The molecule has 2 aromatic rings. The Morgan fingerprint density at radius 3 is 2.14 bits per heavy atom. The Kier molecular flexibility index (Phi) is 6.76. The molecular formula is C21H23NO6. The van der Waals surface area contributed by atoms with Crippen LogP contribution >= 0.6 is 0 Å². The Labute approximate surface area is 163 Å². The Balaban J connectivity index is 1.64. The SMILES string of the molecule is NCCOCCOC(C(=O)O)C(=O)OCC1c2ccccc2-c2ccccc21. The standard InChI is InChI=1S/C21H23NO6/c22-9-10-26-11-12-27-19(20(23)24)21(25)28-13-18-16-7-3-1-5-14(16)15-6-2-4-8-17(15)18/h1-8,18-19H,9-13,22H2,(H,23,24). The van der Waals surface area contributed by atoms with Gasteiger partial charge >= 0.3 is 11.9 Å². The lowest BCUT2D eigenvalue weighted by molar-refractivity contribution is -0.171. The van der Waals surface area contributed by atoms with Gasteiger partial charge in [-0.15, -0.1) is 0 Å². The molecule has 0 heterocycles. The van der Waals surface area contributed by atoms with Crippen LogP contribution in [0.15, 0.2) is 48.5 Å². The van der Waals surface area contributed by atoms with Crippen LogP contribution in [0, 0.1) is 0 Å². The summed E-state index contributed by atoms with van der Waals surface area (Å²) in [6.45, 7) is 0.850. The molecule has 0 aromatic heterocycles. The van der Waals surface area contributed by atoms with Crippen LogP contribution < -0.4 is 5.73 Å². The highest BCUT2D eigenvalue weighted by molar-refractivity contribution is 5.97. The summed E-state index contributed by atoms with van der Waals surface area (Å²) >= 11 is 0. The summed E-state index contributed by atoms with van der Waals surface area (Å²) in [5, 5.41) is 9.27. The molecule has 0 saturated carbocycles. The molecule has 148 valence electrons. The van der Waals surface area contributed by atoms with Crippen LogP contribution in [-0.4, -0.2) is 56.1 Å². The smallest absolute Gasteiger partial charge is 0.347 e.